The predicted octanol–water partition coefficient (Wildman–Crippen LogP) is 3.84. The third kappa shape index (κ3) is 6.83. The smallest absolute Gasteiger partial charge is 0.270 e. The van der Waals surface area contributed by atoms with E-state index in [4.69, 9.17) is 9.73 Å². The Morgan fingerprint density at radius 2 is 1.68 bits per heavy atom. The van der Waals surface area contributed by atoms with Crippen molar-refractivity contribution in [2.24, 2.45) is 9.98 Å². The molecule has 10 heteroatoms. The number of ether oxygens (including phenoxy) is 1. The molecule has 1 atom stereocenters. The SMILES string of the molecule is COc1ccccc1CNC(=O)CCC1C(=O)N=C2c3ccccc3N=C(SCC(=O)NCCc3ccccc3)N21. The number of hydrogen-bond donors (Lipinski definition) is 2. The number of nitrogens with one attached hydrogen (secondary N) is 2. The lowest BCUT2D eigenvalue weighted by Crippen LogP contribution is -2.44. The van der Waals surface area contributed by atoms with E-state index in [-0.39, 0.29) is 36.3 Å². The van der Waals surface area contributed by atoms with Crippen LogP contribution in [0.25, 0.3) is 0 Å². The van der Waals surface area contributed by atoms with Gasteiger partial charge in [-0.3, -0.25) is 19.3 Å². The number of amides is 3. The average molecular weight is 570 g/mol. The van der Waals surface area contributed by atoms with Crippen molar-refractivity contribution >= 4 is 46.2 Å². The van der Waals surface area contributed by atoms with Crippen molar-refractivity contribution in [3.63, 3.8) is 0 Å². The summed E-state index contributed by atoms with van der Waals surface area (Å²) in [5.74, 6) is 0.717. The zero-order valence-electron chi connectivity index (χ0n) is 22.7. The number of hydrogen-bond acceptors (Lipinski definition) is 7. The fraction of sp³-hybridized carbons (Fsp3) is 0.258. The molecule has 2 aliphatic heterocycles. The molecule has 1 unspecified atom stereocenters. The number of fused-ring (bicyclic) bond motifs is 3. The number of carbonyl (C=O) groups excluding carboxylic acids is 3. The maximum atomic E-state index is 13.1. The van der Waals surface area contributed by atoms with Crippen LogP contribution in [0, 0.1) is 0 Å². The number of aliphatic imine (C=N–C) groups is 2. The highest BCUT2D eigenvalue weighted by Crippen LogP contribution is 2.35. The Labute approximate surface area is 243 Å². The van der Waals surface area contributed by atoms with Gasteiger partial charge in [0.25, 0.3) is 5.91 Å². The molecule has 3 aromatic carbocycles. The predicted molar refractivity (Wildman–Crippen MR) is 160 cm³/mol. The van der Waals surface area contributed by atoms with Crippen LogP contribution in [0.3, 0.4) is 0 Å². The number of rotatable bonds is 11. The van der Waals surface area contributed by atoms with Crippen molar-refractivity contribution in [2.75, 3.05) is 19.4 Å². The van der Waals surface area contributed by atoms with Gasteiger partial charge >= 0.3 is 0 Å². The van der Waals surface area contributed by atoms with Crippen LogP contribution in [-0.2, 0) is 27.3 Å². The second kappa shape index (κ2) is 13.3. The first-order chi connectivity index (χ1) is 20.0. The van der Waals surface area contributed by atoms with Gasteiger partial charge in [0, 0.05) is 30.6 Å². The Hall–Kier alpha value is -4.44. The zero-order chi connectivity index (χ0) is 28.6. The number of methoxy groups -OCH3 is 1. The minimum absolute atomic E-state index is 0.122. The van der Waals surface area contributed by atoms with Crippen LogP contribution >= 0.6 is 11.8 Å². The lowest BCUT2D eigenvalue weighted by molar-refractivity contribution is -0.122. The molecule has 2 aliphatic rings. The van der Waals surface area contributed by atoms with Gasteiger partial charge < -0.3 is 15.4 Å². The van der Waals surface area contributed by atoms with E-state index in [1.165, 1.54) is 11.8 Å². The molecule has 0 saturated heterocycles. The van der Waals surface area contributed by atoms with Crippen molar-refractivity contribution in [3.8, 4) is 5.75 Å². The van der Waals surface area contributed by atoms with Gasteiger partial charge in [0.05, 0.1) is 18.6 Å². The van der Waals surface area contributed by atoms with Crippen molar-refractivity contribution in [1.29, 1.82) is 0 Å². The molecule has 2 N–H and O–H groups in total. The first kappa shape index (κ1) is 28.1. The summed E-state index contributed by atoms with van der Waals surface area (Å²) in [6.07, 6.45) is 1.13. The number of para-hydroxylation sites is 2. The second-order valence-corrected chi connectivity index (χ2v) is 10.5. The van der Waals surface area contributed by atoms with Crippen LogP contribution in [0.15, 0.2) is 88.8 Å². The lowest BCUT2D eigenvalue weighted by Gasteiger charge is -2.31. The van der Waals surface area contributed by atoms with E-state index in [0.717, 1.165) is 23.1 Å². The molecule has 0 radical (unpaired) electrons. The Morgan fingerprint density at radius 3 is 2.51 bits per heavy atom. The normalized spacial score (nSPS) is 15.4. The molecule has 0 spiro atoms. The van der Waals surface area contributed by atoms with E-state index in [0.29, 0.717) is 35.5 Å². The Morgan fingerprint density at radius 1 is 0.927 bits per heavy atom. The van der Waals surface area contributed by atoms with Gasteiger partial charge in [0.1, 0.15) is 17.6 Å². The molecule has 3 aromatic rings. The Kier molecular flexibility index (Phi) is 9.10. The first-order valence-corrected chi connectivity index (χ1v) is 14.4. The van der Waals surface area contributed by atoms with Gasteiger partial charge in [-0.1, -0.05) is 72.4 Å². The first-order valence-electron chi connectivity index (χ1n) is 13.5. The topological polar surface area (TPSA) is 112 Å². The van der Waals surface area contributed by atoms with Gasteiger partial charge in [-0.25, -0.2) is 4.99 Å². The molecule has 41 heavy (non-hydrogen) atoms. The summed E-state index contributed by atoms with van der Waals surface area (Å²) in [6, 6.07) is 24.3. The number of thioether (sulfide) groups is 1. The van der Waals surface area contributed by atoms with E-state index in [9.17, 15) is 14.4 Å². The average Bonchev–Trinajstić information content (AvgIpc) is 3.34. The third-order valence-electron chi connectivity index (χ3n) is 6.83. The summed E-state index contributed by atoms with van der Waals surface area (Å²) in [5, 5.41) is 6.38. The minimum atomic E-state index is -0.678. The molecular formula is C31H31N5O4S. The highest BCUT2D eigenvalue weighted by atomic mass is 32.2. The summed E-state index contributed by atoms with van der Waals surface area (Å²) in [6.45, 7) is 0.850. The molecule has 210 valence electrons. The monoisotopic (exact) mass is 569 g/mol. The number of carbonyl (C=O) groups is 3. The quantitative estimate of drug-likeness (QED) is 0.363. The Bertz CT molecular complexity index is 1490. The van der Waals surface area contributed by atoms with E-state index < -0.39 is 6.04 Å². The molecule has 3 amide bonds. The van der Waals surface area contributed by atoms with Crippen LogP contribution in [0.4, 0.5) is 5.69 Å². The van der Waals surface area contributed by atoms with Gasteiger partial charge in [-0.2, -0.15) is 4.99 Å². The number of benzene rings is 3. The summed E-state index contributed by atoms with van der Waals surface area (Å²) in [5.41, 5.74) is 3.46. The molecule has 9 nitrogen and oxygen atoms in total. The standard InChI is InChI=1S/C31H31N5O4S/c1-40-26-14-8-5-11-22(26)19-33-27(37)16-15-25-30(39)35-29-23-12-6-7-13-24(23)34-31(36(25)29)41-20-28(38)32-18-17-21-9-3-2-4-10-21/h2-14,25H,15-20H2,1H3,(H,32,38)(H,33,37). The molecule has 0 saturated carbocycles. The second-order valence-electron chi connectivity index (χ2n) is 9.57. The van der Waals surface area contributed by atoms with E-state index in [1.807, 2.05) is 78.9 Å². The van der Waals surface area contributed by atoms with Crippen molar-refractivity contribution < 1.29 is 19.1 Å². The van der Waals surface area contributed by atoms with Crippen LogP contribution in [0.5, 0.6) is 5.75 Å². The highest BCUT2D eigenvalue weighted by molar-refractivity contribution is 8.14. The largest absolute Gasteiger partial charge is 0.496 e. The van der Waals surface area contributed by atoms with Crippen LogP contribution in [-0.4, -0.2) is 59.1 Å². The molecular weight excluding hydrogens is 538 g/mol. The van der Waals surface area contributed by atoms with Crippen LogP contribution in [0.2, 0.25) is 0 Å². The maximum Gasteiger partial charge on any atom is 0.270 e. The number of amidine groups is 2. The Balaban J connectivity index is 1.21. The minimum Gasteiger partial charge on any atom is -0.496 e. The van der Waals surface area contributed by atoms with Crippen LogP contribution < -0.4 is 15.4 Å². The van der Waals surface area contributed by atoms with Gasteiger partial charge in [0.2, 0.25) is 11.8 Å². The summed E-state index contributed by atoms with van der Waals surface area (Å²) in [4.78, 5) is 49.3. The lowest BCUT2D eigenvalue weighted by atomic mass is 10.1. The molecule has 0 aromatic heterocycles. The van der Waals surface area contributed by atoms with Crippen LogP contribution in [0.1, 0.15) is 29.5 Å². The zero-order valence-corrected chi connectivity index (χ0v) is 23.5. The summed E-state index contributed by atoms with van der Waals surface area (Å²) in [7, 11) is 1.59. The summed E-state index contributed by atoms with van der Waals surface area (Å²) >= 11 is 1.26. The van der Waals surface area contributed by atoms with Crippen molar-refractivity contribution in [2.45, 2.75) is 31.8 Å². The molecule has 0 fully saturated rings. The maximum absolute atomic E-state index is 13.1. The fourth-order valence-corrected chi connectivity index (χ4v) is 5.63. The fourth-order valence-electron chi connectivity index (χ4n) is 4.75. The molecule has 2 heterocycles. The molecule has 5 rings (SSSR count). The number of nitrogens with zero attached hydrogens (tertiary/aromatic N) is 3. The van der Waals surface area contributed by atoms with Crippen molar-refractivity contribution in [1.82, 2.24) is 15.5 Å². The van der Waals surface area contributed by atoms with Crippen molar-refractivity contribution in [3.05, 3.63) is 95.6 Å². The van der Waals surface area contributed by atoms with E-state index in [2.05, 4.69) is 15.6 Å². The molecule has 0 bridgehead atoms. The van der Waals surface area contributed by atoms with E-state index in [1.54, 1.807) is 12.0 Å². The van der Waals surface area contributed by atoms with Gasteiger partial charge in [0.15, 0.2) is 5.17 Å². The summed E-state index contributed by atoms with van der Waals surface area (Å²) < 4.78 is 5.35. The van der Waals surface area contributed by atoms with E-state index >= 15 is 0 Å². The third-order valence-corrected chi connectivity index (χ3v) is 7.79. The van der Waals surface area contributed by atoms with Gasteiger partial charge in [-0.15, -0.1) is 0 Å². The highest BCUT2D eigenvalue weighted by Gasteiger charge is 2.41. The molecule has 0 aliphatic carbocycles. The van der Waals surface area contributed by atoms with Gasteiger partial charge in [-0.05, 0) is 36.6 Å².